The molecule has 0 saturated carbocycles. The molecule has 3 rings (SSSR count). The summed E-state index contributed by atoms with van der Waals surface area (Å²) in [7, 11) is 0. The van der Waals surface area contributed by atoms with Gasteiger partial charge in [0.2, 0.25) is 0 Å². The largest absolute Gasteiger partial charge is 0.507 e. The molecule has 0 saturated heterocycles. The highest BCUT2D eigenvalue weighted by Gasteiger charge is 2.17. The van der Waals surface area contributed by atoms with Gasteiger partial charge in [-0.3, -0.25) is 0 Å². The molecule has 24 heavy (non-hydrogen) atoms. The fourth-order valence-corrected chi connectivity index (χ4v) is 3.12. The summed E-state index contributed by atoms with van der Waals surface area (Å²) in [6.45, 7) is 8.44. The standard InChI is InChI=1S/C22H24O2/c1-14-19(13-15-9-11-16(12-10-15)22(2,3)4)21(24)18-8-6-5-7-17(18)20(14)23/h5-12,23-24H,13H2,1-4H3. The molecule has 3 aromatic carbocycles. The number of aromatic hydroxyl groups is 2. The highest BCUT2D eigenvalue weighted by Crippen LogP contribution is 2.40. The monoisotopic (exact) mass is 320 g/mol. The molecule has 0 amide bonds. The van der Waals surface area contributed by atoms with Crippen LogP contribution in [-0.2, 0) is 11.8 Å². The predicted octanol–water partition coefficient (Wildman–Crippen LogP) is 5.45. The number of fused-ring (bicyclic) bond motifs is 1. The highest BCUT2D eigenvalue weighted by molar-refractivity contribution is 5.95. The summed E-state index contributed by atoms with van der Waals surface area (Å²) in [4.78, 5) is 0. The van der Waals surface area contributed by atoms with Crippen LogP contribution < -0.4 is 0 Å². The molecule has 0 atom stereocenters. The first kappa shape index (κ1) is 16.4. The van der Waals surface area contributed by atoms with Crippen LogP contribution in [0.25, 0.3) is 10.8 Å². The molecule has 0 unspecified atom stereocenters. The molecule has 124 valence electrons. The molecule has 0 aromatic heterocycles. The van der Waals surface area contributed by atoms with E-state index < -0.39 is 0 Å². The Morgan fingerprint density at radius 1 is 0.792 bits per heavy atom. The van der Waals surface area contributed by atoms with Gasteiger partial charge in [-0.1, -0.05) is 69.3 Å². The van der Waals surface area contributed by atoms with Gasteiger partial charge in [0.05, 0.1) is 0 Å². The molecule has 0 aliphatic carbocycles. The fraction of sp³-hybridized carbons (Fsp3) is 0.273. The minimum absolute atomic E-state index is 0.123. The summed E-state index contributed by atoms with van der Waals surface area (Å²) in [6, 6.07) is 15.9. The summed E-state index contributed by atoms with van der Waals surface area (Å²) in [5.41, 5.74) is 4.06. The van der Waals surface area contributed by atoms with E-state index in [0.29, 0.717) is 17.2 Å². The van der Waals surface area contributed by atoms with Gasteiger partial charge < -0.3 is 10.2 Å². The molecule has 0 spiro atoms. The summed E-state index contributed by atoms with van der Waals surface area (Å²) >= 11 is 0. The van der Waals surface area contributed by atoms with Crippen LogP contribution in [0.3, 0.4) is 0 Å². The second-order valence-corrected chi connectivity index (χ2v) is 7.47. The lowest BCUT2D eigenvalue weighted by Crippen LogP contribution is -2.10. The highest BCUT2D eigenvalue weighted by atomic mass is 16.3. The van der Waals surface area contributed by atoms with Crippen molar-refractivity contribution in [2.24, 2.45) is 0 Å². The smallest absolute Gasteiger partial charge is 0.127 e. The van der Waals surface area contributed by atoms with E-state index in [1.807, 2.05) is 31.2 Å². The van der Waals surface area contributed by atoms with Gasteiger partial charge in [-0.25, -0.2) is 0 Å². The normalized spacial score (nSPS) is 11.8. The third-order valence-corrected chi connectivity index (χ3v) is 4.73. The number of hydrogen-bond acceptors (Lipinski definition) is 2. The van der Waals surface area contributed by atoms with E-state index in [9.17, 15) is 10.2 Å². The third-order valence-electron chi connectivity index (χ3n) is 4.73. The molecule has 3 aromatic rings. The van der Waals surface area contributed by atoms with Crippen molar-refractivity contribution in [2.75, 3.05) is 0 Å². The Balaban J connectivity index is 2.04. The summed E-state index contributed by atoms with van der Waals surface area (Å²) in [5.74, 6) is 0.519. The van der Waals surface area contributed by atoms with Gasteiger partial charge in [-0.05, 0) is 29.0 Å². The Morgan fingerprint density at radius 3 is 1.88 bits per heavy atom. The van der Waals surface area contributed by atoms with Crippen molar-refractivity contribution in [2.45, 2.75) is 39.5 Å². The lowest BCUT2D eigenvalue weighted by molar-refractivity contribution is 0.461. The molecule has 0 fully saturated rings. The summed E-state index contributed by atoms with van der Waals surface area (Å²) in [6.07, 6.45) is 0.598. The van der Waals surface area contributed by atoms with Crippen LogP contribution in [0, 0.1) is 6.92 Å². The average Bonchev–Trinajstić information content (AvgIpc) is 2.56. The molecule has 2 nitrogen and oxygen atoms in total. The maximum Gasteiger partial charge on any atom is 0.127 e. The van der Waals surface area contributed by atoms with Crippen LogP contribution in [0.2, 0.25) is 0 Å². The minimum atomic E-state index is 0.123. The van der Waals surface area contributed by atoms with Gasteiger partial charge >= 0.3 is 0 Å². The van der Waals surface area contributed by atoms with Crippen molar-refractivity contribution in [1.82, 2.24) is 0 Å². The van der Waals surface area contributed by atoms with Crippen LogP contribution in [0.5, 0.6) is 11.5 Å². The van der Waals surface area contributed by atoms with Crippen LogP contribution in [0.4, 0.5) is 0 Å². The number of rotatable bonds is 2. The maximum absolute atomic E-state index is 10.7. The van der Waals surface area contributed by atoms with E-state index in [2.05, 4.69) is 45.0 Å². The summed E-state index contributed by atoms with van der Waals surface area (Å²) < 4.78 is 0. The Kier molecular flexibility index (Phi) is 4.00. The second kappa shape index (κ2) is 5.86. The molecule has 2 heteroatoms. The third kappa shape index (κ3) is 2.84. The Bertz CT molecular complexity index is 884. The first-order valence-corrected chi connectivity index (χ1v) is 8.30. The fourth-order valence-electron chi connectivity index (χ4n) is 3.12. The van der Waals surface area contributed by atoms with Crippen LogP contribution in [-0.4, -0.2) is 10.2 Å². The van der Waals surface area contributed by atoms with E-state index in [1.165, 1.54) is 5.56 Å². The molecule has 0 aliphatic rings. The zero-order valence-electron chi connectivity index (χ0n) is 14.7. The van der Waals surface area contributed by atoms with Crippen molar-refractivity contribution in [1.29, 1.82) is 0 Å². The van der Waals surface area contributed by atoms with E-state index in [1.54, 1.807) is 0 Å². The first-order valence-electron chi connectivity index (χ1n) is 8.30. The van der Waals surface area contributed by atoms with Gasteiger partial charge in [-0.2, -0.15) is 0 Å². The SMILES string of the molecule is Cc1c(Cc2ccc(C(C)(C)C)cc2)c(O)c2ccccc2c1O. The van der Waals surface area contributed by atoms with Crippen molar-refractivity contribution in [3.63, 3.8) is 0 Å². The zero-order valence-corrected chi connectivity index (χ0v) is 14.7. The zero-order chi connectivity index (χ0) is 17.5. The molecule has 0 radical (unpaired) electrons. The Morgan fingerprint density at radius 2 is 1.33 bits per heavy atom. The minimum Gasteiger partial charge on any atom is -0.507 e. The van der Waals surface area contributed by atoms with Crippen LogP contribution in [0.1, 0.15) is 43.0 Å². The van der Waals surface area contributed by atoms with Crippen LogP contribution >= 0.6 is 0 Å². The van der Waals surface area contributed by atoms with Gasteiger partial charge in [-0.15, -0.1) is 0 Å². The van der Waals surface area contributed by atoms with E-state index in [4.69, 9.17) is 0 Å². The molecular weight excluding hydrogens is 296 g/mol. The second-order valence-electron chi connectivity index (χ2n) is 7.47. The van der Waals surface area contributed by atoms with E-state index >= 15 is 0 Å². The lowest BCUT2D eigenvalue weighted by Gasteiger charge is -2.19. The van der Waals surface area contributed by atoms with Gasteiger partial charge in [0.15, 0.2) is 0 Å². The average molecular weight is 320 g/mol. The van der Waals surface area contributed by atoms with E-state index in [0.717, 1.165) is 16.7 Å². The van der Waals surface area contributed by atoms with Crippen molar-refractivity contribution < 1.29 is 10.2 Å². The van der Waals surface area contributed by atoms with Crippen molar-refractivity contribution in [3.05, 3.63) is 70.8 Å². The summed E-state index contributed by atoms with van der Waals surface area (Å²) in [5, 5.41) is 22.6. The molecular formula is C22H24O2. The van der Waals surface area contributed by atoms with Crippen molar-refractivity contribution >= 4 is 10.8 Å². The molecule has 2 N–H and O–H groups in total. The molecule has 0 heterocycles. The number of phenolic OH excluding ortho intramolecular Hbond substituents is 2. The predicted molar refractivity (Wildman–Crippen MR) is 100.0 cm³/mol. The molecule has 0 aliphatic heterocycles. The quantitative estimate of drug-likeness (QED) is 0.617. The van der Waals surface area contributed by atoms with Gasteiger partial charge in [0.1, 0.15) is 11.5 Å². The van der Waals surface area contributed by atoms with Gasteiger partial charge in [0, 0.05) is 22.8 Å². The first-order chi connectivity index (χ1) is 11.3. The molecule has 0 bridgehead atoms. The topological polar surface area (TPSA) is 40.5 Å². The number of benzene rings is 3. The number of phenols is 2. The number of hydrogen-bond donors (Lipinski definition) is 2. The van der Waals surface area contributed by atoms with Crippen LogP contribution in [0.15, 0.2) is 48.5 Å². The maximum atomic E-state index is 10.7. The Hall–Kier alpha value is -2.48. The van der Waals surface area contributed by atoms with Gasteiger partial charge in [0.25, 0.3) is 0 Å². The van der Waals surface area contributed by atoms with Crippen molar-refractivity contribution in [3.8, 4) is 11.5 Å². The van der Waals surface area contributed by atoms with E-state index in [-0.39, 0.29) is 16.9 Å². The lowest BCUT2D eigenvalue weighted by atomic mass is 9.86. The Labute approximate surface area is 143 Å².